The molecule has 0 unspecified atom stereocenters. The van der Waals surface area contributed by atoms with E-state index in [1.54, 1.807) is 38.4 Å². The fourth-order valence-electron chi connectivity index (χ4n) is 1.87. The number of phenols is 1. The van der Waals surface area contributed by atoms with E-state index in [1.807, 2.05) is 0 Å². The predicted octanol–water partition coefficient (Wildman–Crippen LogP) is 2.92. The molecule has 0 saturated heterocycles. The van der Waals surface area contributed by atoms with Gasteiger partial charge in [-0.25, -0.2) is 4.98 Å². The van der Waals surface area contributed by atoms with Gasteiger partial charge in [0.2, 0.25) is 5.95 Å². The third kappa shape index (κ3) is 4.73. The highest BCUT2D eigenvalue weighted by atomic mass is 19.4. The standard InChI is InChI=1S/C15H17F3N4O/c1-22(2)13-9-12(15(16,17)18)20-14(21-13)19-8-7-10-3-5-11(23)6-4-10/h3-6,9,23H,7-8H2,1-2H3,(H,19,20,21). The Morgan fingerprint density at radius 2 is 1.78 bits per heavy atom. The highest BCUT2D eigenvalue weighted by molar-refractivity contribution is 5.44. The number of aromatic hydroxyl groups is 1. The molecule has 23 heavy (non-hydrogen) atoms. The van der Waals surface area contributed by atoms with Crippen molar-refractivity contribution in [2.24, 2.45) is 0 Å². The number of alkyl halides is 3. The molecule has 0 aliphatic carbocycles. The van der Waals surface area contributed by atoms with E-state index < -0.39 is 11.9 Å². The van der Waals surface area contributed by atoms with Crippen LogP contribution >= 0.6 is 0 Å². The van der Waals surface area contributed by atoms with Gasteiger partial charge in [0.15, 0.2) is 5.69 Å². The van der Waals surface area contributed by atoms with Crippen LogP contribution in [-0.2, 0) is 12.6 Å². The molecular formula is C15H17F3N4O. The summed E-state index contributed by atoms with van der Waals surface area (Å²) < 4.78 is 38.6. The number of hydrogen-bond acceptors (Lipinski definition) is 5. The Bertz CT molecular complexity index is 657. The number of phenolic OH excluding ortho intramolecular Hbond substituents is 1. The minimum absolute atomic E-state index is 0.0673. The number of halogens is 3. The van der Waals surface area contributed by atoms with Gasteiger partial charge in [-0.2, -0.15) is 18.2 Å². The molecule has 0 amide bonds. The molecule has 5 nitrogen and oxygen atoms in total. The monoisotopic (exact) mass is 326 g/mol. The fraction of sp³-hybridized carbons (Fsp3) is 0.333. The molecule has 2 rings (SSSR count). The first-order valence-corrected chi connectivity index (χ1v) is 6.91. The lowest BCUT2D eigenvalue weighted by molar-refractivity contribution is -0.141. The Kier molecular flexibility index (Phi) is 4.92. The van der Waals surface area contributed by atoms with Gasteiger partial charge < -0.3 is 15.3 Å². The van der Waals surface area contributed by atoms with Crippen molar-refractivity contribution in [3.63, 3.8) is 0 Å². The molecule has 124 valence electrons. The maximum atomic E-state index is 12.9. The van der Waals surface area contributed by atoms with E-state index in [-0.39, 0.29) is 17.5 Å². The first-order chi connectivity index (χ1) is 10.8. The minimum Gasteiger partial charge on any atom is -0.508 e. The molecule has 0 radical (unpaired) electrons. The summed E-state index contributed by atoms with van der Waals surface area (Å²) in [5.41, 5.74) is -0.0431. The second-order valence-corrected chi connectivity index (χ2v) is 5.17. The smallest absolute Gasteiger partial charge is 0.433 e. The lowest BCUT2D eigenvalue weighted by Crippen LogP contribution is -2.18. The second kappa shape index (κ2) is 6.72. The van der Waals surface area contributed by atoms with E-state index in [2.05, 4.69) is 15.3 Å². The van der Waals surface area contributed by atoms with Gasteiger partial charge in [-0.1, -0.05) is 12.1 Å². The highest BCUT2D eigenvalue weighted by Crippen LogP contribution is 2.30. The summed E-state index contributed by atoms with van der Waals surface area (Å²) in [6, 6.07) is 7.51. The van der Waals surface area contributed by atoms with Crippen LogP contribution in [0, 0.1) is 0 Å². The third-order valence-electron chi connectivity index (χ3n) is 3.09. The Morgan fingerprint density at radius 1 is 1.13 bits per heavy atom. The number of hydrogen-bond donors (Lipinski definition) is 2. The number of aromatic nitrogens is 2. The summed E-state index contributed by atoms with van der Waals surface area (Å²) in [4.78, 5) is 9.06. The molecule has 2 aromatic rings. The van der Waals surface area contributed by atoms with E-state index in [0.29, 0.717) is 13.0 Å². The maximum Gasteiger partial charge on any atom is 0.433 e. The van der Waals surface area contributed by atoms with Gasteiger partial charge in [-0.3, -0.25) is 0 Å². The Morgan fingerprint density at radius 3 is 2.35 bits per heavy atom. The summed E-state index contributed by atoms with van der Waals surface area (Å²) in [7, 11) is 3.23. The van der Waals surface area contributed by atoms with Crippen molar-refractivity contribution in [3.05, 3.63) is 41.6 Å². The van der Waals surface area contributed by atoms with Crippen LogP contribution in [0.3, 0.4) is 0 Å². The molecule has 0 bridgehead atoms. The number of nitrogens with one attached hydrogen (secondary N) is 1. The zero-order chi connectivity index (χ0) is 17.0. The van der Waals surface area contributed by atoms with E-state index in [1.165, 1.54) is 4.90 Å². The highest BCUT2D eigenvalue weighted by Gasteiger charge is 2.33. The number of rotatable bonds is 5. The number of nitrogens with zero attached hydrogens (tertiary/aromatic N) is 3. The van der Waals surface area contributed by atoms with Gasteiger partial charge in [-0.05, 0) is 24.1 Å². The quantitative estimate of drug-likeness (QED) is 0.885. The third-order valence-corrected chi connectivity index (χ3v) is 3.09. The normalized spacial score (nSPS) is 11.3. The van der Waals surface area contributed by atoms with Crippen molar-refractivity contribution in [2.45, 2.75) is 12.6 Å². The van der Waals surface area contributed by atoms with Crippen LogP contribution in [-0.4, -0.2) is 35.7 Å². The van der Waals surface area contributed by atoms with Gasteiger partial charge in [0.1, 0.15) is 11.6 Å². The topological polar surface area (TPSA) is 61.3 Å². The molecule has 0 saturated carbocycles. The van der Waals surface area contributed by atoms with Crippen LogP contribution in [0.1, 0.15) is 11.3 Å². The summed E-state index contributed by atoms with van der Waals surface area (Å²) in [6.07, 6.45) is -3.96. The molecule has 1 aromatic heterocycles. The first kappa shape index (κ1) is 16.9. The average Bonchev–Trinajstić information content (AvgIpc) is 2.48. The van der Waals surface area contributed by atoms with Crippen LogP contribution in [0.2, 0.25) is 0 Å². The molecule has 8 heteroatoms. The SMILES string of the molecule is CN(C)c1cc(C(F)(F)F)nc(NCCc2ccc(O)cc2)n1. The van der Waals surface area contributed by atoms with Crippen molar-refractivity contribution in [1.29, 1.82) is 0 Å². The van der Waals surface area contributed by atoms with Crippen LogP contribution in [0.25, 0.3) is 0 Å². The second-order valence-electron chi connectivity index (χ2n) is 5.17. The molecule has 1 aromatic carbocycles. The lowest BCUT2D eigenvalue weighted by Gasteiger charge is -2.16. The zero-order valence-corrected chi connectivity index (χ0v) is 12.7. The molecule has 0 atom stereocenters. The van der Waals surface area contributed by atoms with E-state index in [4.69, 9.17) is 0 Å². The summed E-state index contributed by atoms with van der Waals surface area (Å²) >= 11 is 0. The van der Waals surface area contributed by atoms with E-state index in [0.717, 1.165) is 11.6 Å². The lowest BCUT2D eigenvalue weighted by atomic mass is 10.1. The Balaban J connectivity index is 2.09. The average molecular weight is 326 g/mol. The van der Waals surface area contributed by atoms with Gasteiger partial charge in [0.05, 0.1) is 0 Å². The Labute approximate surface area is 131 Å². The molecule has 0 fully saturated rings. The molecule has 2 N–H and O–H groups in total. The van der Waals surface area contributed by atoms with Gasteiger partial charge in [0.25, 0.3) is 0 Å². The van der Waals surface area contributed by atoms with Gasteiger partial charge in [-0.15, -0.1) is 0 Å². The molecular weight excluding hydrogens is 309 g/mol. The van der Waals surface area contributed by atoms with Gasteiger partial charge >= 0.3 is 6.18 Å². The van der Waals surface area contributed by atoms with Crippen molar-refractivity contribution in [2.75, 3.05) is 30.9 Å². The molecule has 0 aliphatic heterocycles. The Hall–Kier alpha value is -2.51. The summed E-state index contributed by atoms with van der Waals surface area (Å²) in [6.45, 7) is 0.374. The summed E-state index contributed by atoms with van der Waals surface area (Å²) in [5.74, 6) is 0.278. The fourth-order valence-corrected chi connectivity index (χ4v) is 1.87. The van der Waals surface area contributed by atoms with Crippen molar-refractivity contribution in [3.8, 4) is 5.75 Å². The largest absolute Gasteiger partial charge is 0.508 e. The number of anilines is 2. The van der Waals surface area contributed by atoms with Crippen LogP contribution in [0.4, 0.5) is 24.9 Å². The van der Waals surface area contributed by atoms with Crippen molar-refractivity contribution < 1.29 is 18.3 Å². The van der Waals surface area contributed by atoms with Crippen LogP contribution in [0.15, 0.2) is 30.3 Å². The molecule has 0 spiro atoms. The van der Waals surface area contributed by atoms with Crippen LogP contribution in [0.5, 0.6) is 5.75 Å². The van der Waals surface area contributed by atoms with Gasteiger partial charge in [0, 0.05) is 26.7 Å². The van der Waals surface area contributed by atoms with Crippen LogP contribution < -0.4 is 10.2 Å². The number of benzene rings is 1. The minimum atomic E-state index is -4.53. The van der Waals surface area contributed by atoms with E-state index in [9.17, 15) is 18.3 Å². The summed E-state index contributed by atoms with van der Waals surface area (Å²) in [5, 5.41) is 12.0. The molecule has 0 aliphatic rings. The zero-order valence-electron chi connectivity index (χ0n) is 12.7. The van der Waals surface area contributed by atoms with Crippen molar-refractivity contribution >= 4 is 11.8 Å². The first-order valence-electron chi connectivity index (χ1n) is 6.91. The van der Waals surface area contributed by atoms with E-state index >= 15 is 0 Å². The van der Waals surface area contributed by atoms with Crippen molar-refractivity contribution in [1.82, 2.24) is 9.97 Å². The predicted molar refractivity (Wildman–Crippen MR) is 81.7 cm³/mol. The molecule has 1 heterocycles. The maximum absolute atomic E-state index is 12.9.